The van der Waals surface area contributed by atoms with Gasteiger partial charge in [-0.15, -0.1) is 11.6 Å². The van der Waals surface area contributed by atoms with Gasteiger partial charge in [-0.05, 0) is 25.3 Å². The van der Waals surface area contributed by atoms with E-state index in [0.717, 1.165) is 50.0 Å². The highest BCUT2D eigenvalue weighted by atomic mass is 35.5. The molecule has 2 aliphatic rings. The minimum atomic E-state index is -0.460. The molecule has 1 unspecified atom stereocenters. The van der Waals surface area contributed by atoms with Crippen LogP contribution in [0.1, 0.15) is 58.4 Å². The Kier molecular flexibility index (Phi) is 6.37. The zero-order valence-corrected chi connectivity index (χ0v) is 17.1. The number of hydrogen-bond donors (Lipinski definition) is 1. The van der Waals surface area contributed by atoms with Gasteiger partial charge < -0.3 is 4.74 Å². The Hall–Kier alpha value is -1.66. The summed E-state index contributed by atoms with van der Waals surface area (Å²) < 4.78 is 6.05. The lowest BCUT2D eigenvalue weighted by Crippen LogP contribution is -2.42. The van der Waals surface area contributed by atoms with Crippen LogP contribution in [0.2, 0.25) is 0 Å². The molecule has 0 radical (unpaired) electrons. The molecule has 1 atom stereocenters. The maximum atomic E-state index is 11.8. The van der Waals surface area contributed by atoms with E-state index in [-0.39, 0.29) is 17.5 Å². The average Bonchev–Trinajstić information content (AvgIpc) is 2.65. The van der Waals surface area contributed by atoms with Gasteiger partial charge in [0.15, 0.2) is 0 Å². The monoisotopic (exact) mass is 392 g/mol. The van der Waals surface area contributed by atoms with Crippen molar-refractivity contribution in [3.8, 4) is 5.88 Å². The Balaban J connectivity index is 1.54. The van der Waals surface area contributed by atoms with E-state index in [2.05, 4.69) is 27.3 Å². The van der Waals surface area contributed by atoms with E-state index in [1.807, 2.05) is 26.0 Å². The van der Waals surface area contributed by atoms with Crippen molar-refractivity contribution in [2.45, 2.75) is 64.5 Å². The normalized spacial score (nSPS) is 22.1. The molecule has 1 fully saturated rings. The molecule has 0 saturated carbocycles. The Labute approximate surface area is 166 Å². The Morgan fingerprint density at radius 2 is 2.11 bits per heavy atom. The van der Waals surface area contributed by atoms with Crippen molar-refractivity contribution >= 4 is 23.2 Å². The maximum absolute atomic E-state index is 11.8. The summed E-state index contributed by atoms with van der Waals surface area (Å²) in [6.45, 7) is 7.92. The standard InChI is InChI=1S/C20H29ClN4O2/c1-4-5-17(21)25-10-8-15(9-11-25)27-18-7-6-14(13-22-18)16-12-20(2,3)19(26)24-23-16/h6-7,13,15,17H,4-5,8-12H2,1-3H3,(H,24,26). The lowest BCUT2D eigenvalue weighted by atomic mass is 9.83. The van der Waals surface area contributed by atoms with E-state index in [4.69, 9.17) is 16.3 Å². The number of likely N-dealkylation sites (tertiary alicyclic amines) is 1. The van der Waals surface area contributed by atoms with Crippen molar-refractivity contribution in [3.63, 3.8) is 0 Å². The Morgan fingerprint density at radius 3 is 2.70 bits per heavy atom. The average molecular weight is 393 g/mol. The van der Waals surface area contributed by atoms with Gasteiger partial charge in [0, 0.05) is 37.3 Å². The van der Waals surface area contributed by atoms with E-state index in [0.29, 0.717) is 12.3 Å². The van der Waals surface area contributed by atoms with Crippen molar-refractivity contribution in [2.75, 3.05) is 13.1 Å². The first-order valence-corrected chi connectivity index (χ1v) is 10.2. The molecule has 0 aliphatic carbocycles. The molecule has 3 rings (SSSR count). The van der Waals surface area contributed by atoms with Gasteiger partial charge in [0.25, 0.3) is 0 Å². The second kappa shape index (κ2) is 8.57. The summed E-state index contributed by atoms with van der Waals surface area (Å²) in [5.74, 6) is 0.580. The van der Waals surface area contributed by atoms with E-state index < -0.39 is 5.41 Å². The third kappa shape index (κ3) is 4.99. The van der Waals surface area contributed by atoms with E-state index in [1.54, 1.807) is 6.20 Å². The summed E-state index contributed by atoms with van der Waals surface area (Å²) in [7, 11) is 0. The SMILES string of the molecule is CCCC(Cl)N1CCC(Oc2ccc(C3=NNC(=O)C(C)(C)C3)cn2)CC1. The highest BCUT2D eigenvalue weighted by Gasteiger charge is 2.33. The molecule has 0 bridgehead atoms. The second-order valence-electron chi connectivity index (χ2n) is 8.02. The first kappa shape index (κ1) is 20.1. The number of piperidine rings is 1. The molecule has 7 heteroatoms. The van der Waals surface area contributed by atoms with Crippen LogP contribution < -0.4 is 10.2 Å². The number of rotatable bonds is 6. The summed E-state index contributed by atoms with van der Waals surface area (Å²) in [6, 6.07) is 3.84. The highest BCUT2D eigenvalue weighted by Crippen LogP contribution is 2.27. The van der Waals surface area contributed by atoms with Crippen LogP contribution in [0.25, 0.3) is 0 Å². The molecule has 0 spiro atoms. The minimum absolute atomic E-state index is 0.0522. The van der Waals surface area contributed by atoms with Crippen LogP contribution in [-0.4, -0.2) is 46.2 Å². The first-order chi connectivity index (χ1) is 12.9. The number of carbonyl (C=O) groups is 1. The number of hydrogen-bond acceptors (Lipinski definition) is 5. The molecular formula is C20H29ClN4O2. The minimum Gasteiger partial charge on any atom is -0.474 e. The van der Waals surface area contributed by atoms with Gasteiger partial charge in [-0.2, -0.15) is 5.10 Å². The molecule has 1 aromatic heterocycles. The third-order valence-electron chi connectivity index (χ3n) is 5.27. The molecule has 0 aromatic carbocycles. The lowest BCUT2D eigenvalue weighted by molar-refractivity contribution is -0.129. The summed E-state index contributed by atoms with van der Waals surface area (Å²) in [5.41, 5.74) is 4.03. The number of hydrazone groups is 1. The molecule has 148 valence electrons. The Morgan fingerprint density at radius 1 is 1.37 bits per heavy atom. The number of nitrogens with zero attached hydrogens (tertiary/aromatic N) is 3. The van der Waals surface area contributed by atoms with Crippen LogP contribution in [0.5, 0.6) is 5.88 Å². The van der Waals surface area contributed by atoms with Crippen molar-refractivity contribution in [1.82, 2.24) is 15.3 Å². The fraction of sp³-hybridized carbons (Fsp3) is 0.650. The largest absolute Gasteiger partial charge is 0.474 e. The van der Waals surface area contributed by atoms with Crippen LogP contribution in [0.4, 0.5) is 0 Å². The second-order valence-corrected chi connectivity index (χ2v) is 8.53. The number of ether oxygens (including phenoxy) is 1. The van der Waals surface area contributed by atoms with Crippen LogP contribution >= 0.6 is 11.6 Å². The molecular weight excluding hydrogens is 364 g/mol. The summed E-state index contributed by atoms with van der Waals surface area (Å²) in [5, 5.41) is 4.18. The van der Waals surface area contributed by atoms with Gasteiger partial charge >= 0.3 is 0 Å². The zero-order valence-electron chi connectivity index (χ0n) is 16.4. The van der Waals surface area contributed by atoms with E-state index in [9.17, 15) is 4.79 Å². The summed E-state index contributed by atoms with van der Waals surface area (Å²) in [4.78, 5) is 18.6. The fourth-order valence-corrected chi connectivity index (χ4v) is 3.87. The topological polar surface area (TPSA) is 66.8 Å². The zero-order chi connectivity index (χ0) is 19.4. The van der Waals surface area contributed by atoms with Crippen molar-refractivity contribution in [1.29, 1.82) is 0 Å². The molecule has 27 heavy (non-hydrogen) atoms. The smallest absolute Gasteiger partial charge is 0.246 e. The van der Waals surface area contributed by atoms with Crippen LogP contribution in [0, 0.1) is 5.41 Å². The van der Waals surface area contributed by atoms with Crippen molar-refractivity contribution in [2.24, 2.45) is 10.5 Å². The van der Waals surface area contributed by atoms with Gasteiger partial charge in [0.05, 0.1) is 16.6 Å². The Bertz CT molecular complexity index is 682. The van der Waals surface area contributed by atoms with Gasteiger partial charge in [0.2, 0.25) is 11.8 Å². The van der Waals surface area contributed by atoms with Crippen molar-refractivity contribution < 1.29 is 9.53 Å². The molecule has 1 saturated heterocycles. The molecule has 1 amide bonds. The molecule has 1 aromatic rings. The highest BCUT2D eigenvalue weighted by molar-refractivity contribution is 6.20. The summed E-state index contributed by atoms with van der Waals surface area (Å²) >= 11 is 6.42. The number of pyridine rings is 1. The number of nitrogens with one attached hydrogen (secondary N) is 1. The quantitative estimate of drug-likeness (QED) is 0.594. The van der Waals surface area contributed by atoms with E-state index >= 15 is 0 Å². The van der Waals surface area contributed by atoms with Crippen LogP contribution in [0.15, 0.2) is 23.4 Å². The molecule has 2 aliphatic heterocycles. The molecule has 3 heterocycles. The van der Waals surface area contributed by atoms with Gasteiger partial charge in [-0.3, -0.25) is 9.69 Å². The van der Waals surface area contributed by atoms with Crippen LogP contribution in [-0.2, 0) is 4.79 Å². The predicted octanol–water partition coefficient (Wildman–Crippen LogP) is 3.54. The number of amides is 1. The fourth-order valence-electron chi connectivity index (χ4n) is 3.46. The number of halogens is 1. The maximum Gasteiger partial charge on any atom is 0.246 e. The van der Waals surface area contributed by atoms with Gasteiger partial charge in [-0.25, -0.2) is 10.4 Å². The van der Waals surface area contributed by atoms with Gasteiger partial charge in [-0.1, -0.05) is 27.2 Å². The summed E-state index contributed by atoms with van der Waals surface area (Å²) in [6.07, 6.45) is 6.59. The number of alkyl halides is 1. The number of aromatic nitrogens is 1. The van der Waals surface area contributed by atoms with Crippen LogP contribution in [0.3, 0.4) is 0 Å². The number of carbonyl (C=O) groups excluding carboxylic acids is 1. The van der Waals surface area contributed by atoms with Gasteiger partial charge in [0.1, 0.15) is 6.10 Å². The third-order valence-corrected chi connectivity index (χ3v) is 5.77. The lowest BCUT2D eigenvalue weighted by Gasteiger charge is -2.34. The first-order valence-electron chi connectivity index (χ1n) is 9.77. The molecule has 6 nitrogen and oxygen atoms in total. The molecule has 1 N–H and O–H groups in total. The van der Waals surface area contributed by atoms with Crippen molar-refractivity contribution in [3.05, 3.63) is 23.9 Å². The van der Waals surface area contributed by atoms with E-state index in [1.165, 1.54) is 0 Å². The predicted molar refractivity (Wildman–Crippen MR) is 107 cm³/mol.